The lowest BCUT2D eigenvalue weighted by atomic mass is 10.2. The summed E-state index contributed by atoms with van der Waals surface area (Å²) in [5.74, 6) is -0.819. The van der Waals surface area contributed by atoms with Gasteiger partial charge in [-0.15, -0.1) is 0 Å². The number of hydrogen-bond acceptors (Lipinski definition) is 3. The van der Waals surface area contributed by atoms with E-state index in [2.05, 4.69) is 5.32 Å². The van der Waals surface area contributed by atoms with Crippen LogP contribution in [0.4, 0.5) is 10.1 Å². The van der Waals surface area contributed by atoms with Gasteiger partial charge in [0.25, 0.3) is 0 Å². The van der Waals surface area contributed by atoms with Gasteiger partial charge in [-0.1, -0.05) is 35.9 Å². The van der Waals surface area contributed by atoms with E-state index in [0.29, 0.717) is 27.2 Å². The molecule has 3 aromatic carbocycles. The van der Waals surface area contributed by atoms with Crippen LogP contribution in [-0.2, 0) is 21.2 Å². The Morgan fingerprint density at radius 2 is 1.77 bits per heavy atom. The van der Waals surface area contributed by atoms with E-state index in [-0.39, 0.29) is 16.3 Å². The first-order valence-electron chi connectivity index (χ1n) is 9.40. The molecule has 4 aromatic rings. The highest BCUT2D eigenvalue weighted by molar-refractivity contribution is 7.91. The molecule has 0 bridgehead atoms. The van der Waals surface area contributed by atoms with Gasteiger partial charge < -0.3 is 9.88 Å². The molecule has 0 aliphatic carbocycles. The number of anilines is 1. The predicted octanol–water partition coefficient (Wildman–Crippen LogP) is 5.21. The molecule has 0 atom stereocenters. The summed E-state index contributed by atoms with van der Waals surface area (Å²) in [4.78, 5) is 12.8. The fourth-order valence-corrected chi connectivity index (χ4v) is 4.93. The van der Waals surface area contributed by atoms with E-state index >= 15 is 0 Å². The van der Waals surface area contributed by atoms with E-state index in [0.717, 1.165) is 0 Å². The molecule has 31 heavy (non-hydrogen) atoms. The summed E-state index contributed by atoms with van der Waals surface area (Å²) in [6.07, 6.45) is 1.45. The Morgan fingerprint density at radius 3 is 2.48 bits per heavy atom. The zero-order valence-corrected chi connectivity index (χ0v) is 18.0. The van der Waals surface area contributed by atoms with Crippen molar-refractivity contribution < 1.29 is 17.6 Å². The minimum absolute atomic E-state index is 0.0969. The molecule has 0 saturated carbocycles. The molecule has 158 valence electrons. The van der Waals surface area contributed by atoms with Crippen molar-refractivity contribution in [3.05, 3.63) is 89.3 Å². The highest BCUT2D eigenvalue weighted by atomic mass is 35.5. The number of sulfone groups is 1. The zero-order valence-electron chi connectivity index (χ0n) is 16.5. The number of amides is 1. The first-order valence-corrected chi connectivity index (χ1v) is 11.3. The third-order valence-corrected chi connectivity index (χ3v) is 6.98. The summed E-state index contributed by atoms with van der Waals surface area (Å²) in [6, 6.07) is 17.3. The Labute approximate surface area is 184 Å². The Balaban J connectivity index is 1.69. The summed E-state index contributed by atoms with van der Waals surface area (Å²) >= 11 is 5.88. The molecule has 1 heterocycles. The standard InChI is InChI=1S/C23H18ClFN2O3S/c1-15-6-9-17(12-20(15)25)26-23(28)14-27-13-22(19-4-2-3-5-21(19)27)31(29,30)18-10-7-16(24)8-11-18/h2-13H,14H2,1H3,(H,26,28). The molecule has 1 amide bonds. The second kappa shape index (κ2) is 8.17. The van der Waals surface area contributed by atoms with Crippen molar-refractivity contribution in [2.24, 2.45) is 0 Å². The molecule has 0 aliphatic rings. The van der Waals surface area contributed by atoms with Gasteiger partial charge in [0.2, 0.25) is 15.7 Å². The van der Waals surface area contributed by atoms with Gasteiger partial charge in [-0.25, -0.2) is 12.8 Å². The maximum absolute atomic E-state index is 13.8. The van der Waals surface area contributed by atoms with Crippen LogP contribution < -0.4 is 5.32 Å². The van der Waals surface area contributed by atoms with E-state index < -0.39 is 21.6 Å². The fourth-order valence-electron chi connectivity index (χ4n) is 3.32. The topological polar surface area (TPSA) is 68.2 Å². The molecule has 8 heteroatoms. The maximum Gasteiger partial charge on any atom is 0.244 e. The number of aromatic nitrogens is 1. The molecule has 5 nitrogen and oxygen atoms in total. The van der Waals surface area contributed by atoms with Crippen LogP contribution in [0.1, 0.15) is 5.56 Å². The number of aryl methyl sites for hydroxylation is 1. The maximum atomic E-state index is 13.8. The summed E-state index contributed by atoms with van der Waals surface area (Å²) in [6.45, 7) is 1.50. The molecule has 0 saturated heterocycles. The molecule has 1 aromatic heterocycles. The average Bonchev–Trinajstić information content (AvgIpc) is 3.10. The van der Waals surface area contributed by atoms with E-state index in [9.17, 15) is 17.6 Å². The van der Waals surface area contributed by atoms with Crippen molar-refractivity contribution in [1.82, 2.24) is 4.57 Å². The lowest BCUT2D eigenvalue weighted by Crippen LogP contribution is -2.18. The Kier molecular flexibility index (Phi) is 5.56. The van der Waals surface area contributed by atoms with E-state index in [1.165, 1.54) is 36.5 Å². The van der Waals surface area contributed by atoms with Gasteiger partial charge in [0.15, 0.2) is 0 Å². The van der Waals surface area contributed by atoms with Crippen LogP contribution in [0.5, 0.6) is 0 Å². The molecular formula is C23H18ClFN2O3S. The monoisotopic (exact) mass is 456 g/mol. The average molecular weight is 457 g/mol. The number of fused-ring (bicyclic) bond motifs is 1. The predicted molar refractivity (Wildman–Crippen MR) is 119 cm³/mol. The third-order valence-electron chi connectivity index (χ3n) is 4.94. The van der Waals surface area contributed by atoms with E-state index in [1.54, 1.807) is 47.9 Å². The highest BCUT2D eigenvalue weighted by Crippen LogP contribution is 2.30. The first-order chi connectivity index (χ1) is 14.8. The largest absolute Gasteiger partial charge is 0.337 e. The fraction of sp³-hybridized carbons (Fsp3) is 0.0870. The second-order valence-electron chi connectivity index (χ2n) is 7.11. The van der Waals surface area contributed by atoms with Crippen LogP contribution in [-0.4, -0.2) is 18.9 Å². The summed E-state index contributed by atoms with van der Waals surface area (Å²) in [7, 11) is -3.83. The zero-order chi connectivity index (χ0) is 22.2. The van der Waals surface area contributed by atoms with Gasteiger partial charge in [-0.2, -0.15) is 0 Å². The van der Waals surface area contributed by atoms with Crippen LogP contribution in [0.2, 0.25) is 5.02 Å². The van der Waals surface area contributed by atoms with Crippen LogP contribution in [0.25, 0.3) is 10.9 Å². The summed E-state index contributed by atoms with van der Waals surface area (Å²) in [5.41, 5.74) is 1.41. The quantitative estimate of drug-likeness (QED) is 0.448. The summed E-state index contributed by atoms with van der Waals surface area (Å²) < 4.78 is 41.8. The van der Waals surface area contributed by atoms with E-state index in [1.807, 2.05) is 0 Å². The minimum Gasteiger partial charge on any atom is -0.337 e. The lowest BCUT2D eigenvalue weighted by molar-refractivity contribution is -0.116. The van der Waals surface area contributed by atoms with Gasteiger partial charge in [-0.3, -0.25) is 4.79 Å². The van der Waals surface area contributed by atoms with Crippen molar-refractivity contribution in [1.29, 1.82) is 0 Å². The molecule has 0 fully saturated rings. The van der Waals surface area contributed by atoms with Crippen LogP contribution in [0.3, 0.4) is 0 Å². The first kappa shape index (κ1) is 21.1. The van der Waals surface area contributed by atoms with Crippen molar-refractivity contribution in [2.75, 3.05) is 5.32 Å². The van der Waals surface area contributed by atoms with Crippen LogP contribution >= 0.6 is 11.6 Å². The van der Waals surface area contributed by atoms with Gasteiger partial charge in [0.1, 0.15) is 12.4 Å². The number of nitrogens with one attached hydrogen (secondary N) is 1. The molecule has 0 unspecified atom stereocenters. The van der Waals surface area contributed by atoms with Gasteiger partial charge in [-0.05, 0) is 55.0 Å². The normalized spacial score (nSPS) is 11.6. The third kappa shape index (κ3) is 4.19. The highest BCUT2D eigenvalue weighted by Gasteiger charge is 2.24. The van der Waals surface area contributed by atoms with Gasteiger partial charge in [0, 0.05) is 27.8 Å². The number of carbonyl (C=O) groups excluding carboxylic acids is 1. The van der Waals surface area contributed by atoms with Crippen LogP contribution in [0.15, 0.2) is 82.7 Å². The number of hydrogen-bond donors (Lipinski definition) is 1. The lowest BCUT2D eigenvalue weighted by Gasteiger charge is -2.08. The molecule has 0 radical (unpaired) electrons. The van der Waals surface area contributed by atoms with Crippen LogP contribution in [0, 0.1) is 12.7 Å². The van der Waals surface area contributed by atoms with Crippen molar-refractivity contribution in [3.8, 4) is 0 Å². The van der Waals surface area contributed by atoms with Crippen molar-refractivity contribution in [2.45, 2.75) is 23.3 Å². The second-order valence-corrected chi connectivity index (χ2v) is 9.46. The SMILES string of the molecule is Cc1ccc(NC(=O)Cn2cc(S(=O)(=O)c3ccc(Cl)cc3)c3ccccc32)cc1F. The van der Waals surface area contributed by atoms with Crippen molar-refractivity contribution in [3.63, 3.8) is 0 Å². The molecule has 0 aliphatic heterocycles. The number of benzene rings is 3. The molecular weight excluding hydrogens is 439 g/mol. The molecule has 4 rings (SSSR count). The minimum atomic E-state index is -3.83. The summed E-state index contributed by atoms with van der Waals surface area (Å²) in [5, 5.41) is 3.59. The number of halogens is 2. The van der Waals surface area contributed by atoms with Gasteiger partial charge >= 0.3 is 0 Å². The molecule has 0 spiro atoms. The van der Waals surface area contributed by atoms with Gasteiger partial charge in [0.05, 0.1) is 9.79 Å². The number of para-hydroxylation sites is 1. The number of nitrogens with zero attached hydrogens (tertiary/aromatic N) is 1. The van der Waals surface area contributed by atoms with E-state index in [4.69, 9.17) is 11.6 Å². The number of rotatable bonds is 5. The smallest absolute Gasteiger partial charge is 0.244 e. The Bertz CT molecular complexity index is 1400. The Hall–Kier alpha value is -3.16. The van der Waals surface area contributed by atoms with Crippen molar-refractivity contribution >= 4 is 43.9 Å². The number of carbonyl (C=O) groups is 1. The molecule has 1 N–H and O–H groups in total. The Morgan fingerprint density at radius 1 is 1.06 bits per heavy atom.